The zero-order valence-corrected chi connectivity index (χ0v) is 26.4. The van der Waals surface area contributed by atoms with Gasteiger partial charge in [-0.25, -0.2) is 0 Å². The Morgan fingerprint density at radius 3 is 2.00 bits per heavy atom. The van der Waals surface area contributed by atoms with E-state index >= 15 is 0 Å². The van der Waals surface area contributed by atoms with Crippen LogP contribution >= 0.6 is 0 Å². The van der Waals surface area contributed by atoms with Crippen LogP contribution in [-0.4, -0.2) is 58.3 Å². The molecule has 1 heterocycles. The van der Waals surface area contributed by atoms with Gasteiger partial charge in [-0.2, -0.15) is 0 Å². The van der Waals surface area contributed by atoms with Gasteiger partial charge in [0.05, 0.1) is 43.2 Å². The molecule has 3 unspecified atom stereocenters. The summed E-state index contributed by atoms with van der Waals surface area (Å²) in [6.45, 7) is 13.1. The number of fused-ring (bicyclic) bond motifs is 1. The molecule has 43 heavy (non-hydrogen) atoms. The van der Waals surface area contributed by atoms with E-state index in [0.29, 0.717) is 18.8 Å². The van der Waals surface area contributed by atoms with Gasteiger partial charge in [-0.15, -0.1) is 15.0 Å². The maximum absolute atomic E-state index is 12.8. The number of benzene rings is 2. The van der Waals surface area contributed by atoms with Crippen molar-refractivity contribution in [2.45, 2.75) is 86.4 Å². The van der Waals surface area contributed by atoms with E-state index in [2.05, 4.69) is 10.2 Å². The van der Waals surface area contributed by atoms with Crippen LogP contribution in [0.4, 0.5) is 0 Å². The lowest BCUT2D eigenvalue weighted by Crippen LogP contribution is -2.35. The first-order valence-corrected chi connectivity index (χ1v) is 15.1. The predicted molar refractivity (Wildman–Crippen MR) is 163 cm³/mol. The van der Waals surface area contributed by atoms with Crippen molar-refractivity contribution in [3.05, 3.63) is 48.0 Å². The topological polar surface area (TPSA) is 119 Å². The van der Waals surface area contributed by atoms with Crippen LogP contribution in [0, 0.1) is 24.7 Å². The van der Waals surface area contributed by atoms with Crippen molar-refractivity contribution < 1.29 is 33.3 Å². The van der Waals surface area contributed by atoms with E-state index in [4.69, 9.17) is 18.9 Å². The van der Waals surface area contributed by atoms with E-state index in [-0.39, 0.29) is 25.2 Å². The zero-order valence-electron chi connectivity index (χ0n) is 26.4. The minimum atomic E-state index is -0.810. The van der Waals surface area contributed by atoms with Crippen molar-refractivity contribution >= 4 is 28.9 Å². The zero-order chi connectivity index (χ0) is 31.5. The molecule has 234 valence electrons. The summed E-state index contributed by atoms with van der Waals surface area (Å²) >= 11 is 0. The third kappa shape index (κ3) is 10.1. The first-order valence-electron chi connectivity index (χ1n) is 15.1. The number of nitrogens with zero attached hydrogens (tertiary/aromatic N) is 3. The average Bonchev–Trinajstić information content (AvgIpc) is 3.39. The Labute approximate surface area is 254 Å². The lowest BCUT2D eigenvalue weighted by atomic mass is 9.85. The fourth-order valence-electron chi connectivity index (χ4n) is 4.56. The lowest BCUT2D eigenvalue weighted by molar-refractivity contribution is -0.166. The molecule has 10 heteroatoms. The number of rotatable bonds is 16. The van der Waals surface area contributed by atoms with Gasteiger partial charge in [0.2, 0.25) is 0 Å². The summed E-state index contributed by atoms with van der Waals surface area (Å²) in [5, 5.41) is 9.16. The monoisotopic (exact) mass is 595 g/mol. The molecule has 0 bridgehead atoms. The van der Waals surface area contributed by atoms with Gasteiger partial charge < -0.3 is 18.9 Å². The number of unbranched alkanes of at least 4 members (excludes halogenated alkanes) is 2. The standard InChI is InChI=1S/C33H45N3O7/c1-21(2)42-32(38)25(7)26(33(39)43-22(3)4)20-24(6)31(37)41-18-12-8-11-17-40-30-16-15-23(5)19-29(30)36-34-27-13-9-10-14-28(27)35-36/h9-10,13-16,19,21-22,24-26H,8,11-12,17-18,20H2,1-7H3. The van der Waals surface area contributed by atoms with E-state index in [1.54, 1.807) is 46.3 Å². The van der Waals surface area contributed by atoms with Crippen LogP contribution in [0.15, 0.2) is 42.5 Å². The third-order valence-electron chi connectivity index (χ3n) is 6.90. The molecule has 0 aliphatic carbocycles. The average molecular weight is 596 g/mol. The van der Waals surface area contributed by atoms with Gasteiger partial charge in [-0.05, 0) is 90.1 Å². The molecule has 2 aromatic carbocycles. The molecule has 0 saturated heterocycles. The number of ether oxygens (including phenoxy) is 4. The van der Waals surface area contributed by atoms with Crippen LogP contribution < -0.4 is 4.74 Å². The summed E-state index contributed by atoms with van der Waals surface area (Å²) in [5.41, 5.74) is 3.48. The highest BCUT2D eigenvalue weighted by Crippen LogP contribution is 2.26. The fourth-order valence-corrected chi connectivity index (χ4v) is 4.56. The van der Waals surface area contributed by atoms with Crippen molar-refractivity contribution in [2.24, 2.45) is 17.8 Å². The minimum absolute atomic E-state index is 0.131. The second kappa shape index (κ2) is 16.0. The van der Waals surface area contributed by atoms with Crippen molar-refractivity contribution in [3.63, 3.8) is 0 Å². The molecular formula is C33H45N3O7. The van der Waals surface area contributed by atoms with E-state index in [1.807, 2.05) is 49.4 Å². The molecule has 0 radical (unpaired) electrons. The van der Waals surface area contributed by atoms with Crippen molar-refractivity contribution in [3.8, 4) is 11.4 Å². The number of esters is 3. The summed E-state index contributed by atoms with van der Waals surface area (Å²) in [7, 11) is 0. The molecule has 0 aliphatic heterocycles. The summed E-state index contributed by atoms with van der Waals surface area (Å²) in [4.78, 5) is 39.6. The fraction of sp³-hybridized carbons (Fsp3) is 0.545. The Balaban J connectivity index is 1.45. The highest BCUT2D eigenvalue weighted by Gasteiger charge is 2.36. The molecular weight excluding hydrogens is 550 g/mol. The Hall–Kier alpha value is -3.95. The van der Waals surface area contributed by atoms with Crippen LogP contribution in [0.5, 0.6) is 5.75 Å². The Bertz CT molecular complexity index is 1330. The van der Waals surface area contributed by atoms with Crippen LogP contribution in [0.3, 0.4) is 0 Å². The number of hydrogen-bond acceptors (Lipinski definition) is 9. The van der Waals surface area contributed by atoms with Crippen LogP contribution in [0.25, 0.3) is 16.7 Å². The summed E-state index contributed by atoms with van der Waals surface area (Å²) in [6, 6.07) is 13.6. The summed E-state index contributed by atoms with van der Waals surface area (Å²) in [5.74, 6) is -2.87. The summed E-state index contributed by atoms with van der Waals surface area (Å²) < 4.78 is 22.2. The van der Waals surface area contributed by atoms with E-state index < -0.39 is 35.7 Å². The second-order valence-electron chi connectivity index (χ2n) is 11.5. The molecule has 0 aliphatic rings. The number of aromatic nitrogens is 3. The third-order valence-corrected chi connectivity index (χ3v) is 6.90. The van der Waals surface area contributed by atoms with Gasteiger partial charge in [0.1, 0.15) is 22.5 Å². The molecule has 0 N–H and O–H groups in total. The number of carbonyl (C=O) groups is 3. The lowest BCUT2D eigenvalue weighted by Gasteiger charge is -2.25. The highest BCUT2D eigenvalue weighted by molar-refractivity contribution is 5.83. The Morgan fingerprint density at radius 2 is 1.37 bits per heavy atom. The van der Waals surface area contributed by atoms with Crippen LogP contribution in [0.1, 0.15) is 72.8 Å². The van der Waals surface area contributed by atoms with E-state index in [1.165, 1.54) is 0 Å². The summed E-state index contributed by atoms with van der Waals surface area (Å²) in [6.07, 6.45) is 1.73. The molecule has 0 spiro atoms. The molecule has 0 amide bonds. The van der Waals surface area contributed by atoms with Crippen LogP contribution in [0.2, 0.25) is 0 Å². The SMILES string of the molecule is Cc1ccc(OCCCCCOC(=O)C(C)CC(C(=O)OC(C)C)C(C)C(=O)OC(C)C)c(-n2nc3ccccc3n2)c1. The maximum atomic E-state index is 12.8. The van der Waals surface area contributed by atoms with Crippen molar-refractivity contribution in [1.82, 2.24) is 15.0 Å². The first-order chi connectivity index (χ1) is 20.5. The Morgan fingerprint density at radius 1 is 0.767 bits per heavy atom. The molecule has 0 fully saturated rings. The minimum Gasteiger partial charge on any atom is -0.491 e. The number of hydrogen-bond donors (Lipinski definition) is 0. The van der Waals surface area contributed by atoms with Gasteiger partial charge in [0, 0.05) is 0 Å². The number of aryl methyl sites for hydroxylation is 1. The largest absolute Gasteiger partial charge is 0.491 e. The second-order valence-corrected chi connectivity index (χ2v) is 11.5. The van der Waals surface area contributed by atoms with E-state index in [9.17, 15) is 14.4 Å². The first kappa shape index (κ1) is 33.6. The predicted octanol–water partition coefficient (Wildman–Crippen LogP) is 6.00. The van der Waals surface area contributed by atoms with Gasteiger partial charge in [0.25, 0.3) is 0 Å². The molecule has 3 rings (SSSR count). The van der Waals surface area contributed by atoms with Gasteiger partial charge in [0.15, 0.2) is 0 Å². The highest BCUT2D eigenvalue weighted by atomic mass is 16.6. The smallest absolute Gasteiger partial charge is 0.310 e. The van der Waals surface area contributed by atoms with Gasteiger partial charge in [-0.1, -0.05) is 32.0 Å². The Kier molecular flexibility index (Phi) is 12.5. The number of carbonyl (C=O) groups excluding carboxylic acids is 3. The quantitative estimate of drug-likeness (QED) is 0.112. The maximum Gasteiger partial charge on any atom is 0.310 e. The molecule has 10 nitrogen and oxygen atoms in total. The van der Waals surface area contributed by atoms with Gasteiger partial charge >= 0.3 is 17.9 Å². The van der Waals surface area contributed by atoms with Crippen molar-refractivity contribution in [2.75, 3.05) is 13.2 Å². The molecule has 3 aromatic rings. The normalized spacial score (nSPS) is 13.5. The van der Waals surface area contributed by atoms with Crippen molar-refractivity contribution in [1.29, 1.82) is 0 Å². The molecule has 0 saturated carbocycles. The molecule has 1 aromatic heterocycles. The van der Waals surface area contributed by atoms with E-state index in [0.717, 1.165) is 35.1 Å². The van der Waals surface area contributed by atoms with Gasteiger partial charge in [-0.3, -0.25) is 14.4 Å². The van der Waals surface area contributed by atoms with Crippen LogP contribution in [-0.2, 0) is 28.6 Å². The molecule has 3 atom stereocenters.